The second-order valence-corrected chi connectivity index (χ2v) is 7.61. The molecule has 0 aromatic carbocycles. The van der Waals surface area contributed by atoms with Gasteiger partial charge in [-0.05, 0) is 48.7 Å². The number of carbonyl (C=O) groups is 1. The second kappa shape index (κ2) is 7.00. The van der Waals surface area contributed by atoms with Crippen LogP contribution in [-0.2, 0) is 4.79 Å². The normalized spacial score (nSPS) is 11.6. The van der Waals surface area contributed by atoms with Gasteiger partial charge in [-0.2, -0.15) is 5.10 Å². The molecule has 0 aliphatic heterocycles. The molecule has 0 fully saturated rings. The first kappa shape index (κ1) is 17.3. The Hall–Kier alpha value is -1.08. The molecule has 120 valence electrons. The molecule has 0 unspecified atom stereocenters. The highest BCUT2D eigenvalue weighted by molar-refractivity contribution is 9.10. The smallest absolute Gasteiger partial charge is 0.230 e. The van der Waals surface area contributed by atoms with Gasteiger partial charge in [0.2, 0.25) is 5.91 Å². The van der Waals surface area contributed by atoms with Gasteiger partial charge in [-0.25, -0.2) is 9.50 Å². The molecule has 1 amide bonds. The average Bonchev–Trinajstić information content (AvgIpc) is 2.71. The van der Waals surface area contributed by atoms with Crippen molar-refractivity contribution in [2.75, 3.05) is 5.75 Å². The van der Waals surface area contributed by atoms with E-state index in [1.54, 1.807) is 4.52 Å². The highest BCUT2D eigenvalue weighted by Crippen LogP contribution is 2.28. The van der Waals surface area contributed by atoms with E-state index < -0.39 is 0 Å². The average molecular weight is 385 g/mol. The number of aryl methyl sites for hydroxylation is 1. The van der Waals surface area contributed by atoms with Gasteiger partial charge in [0.05, 0.1) is 15.9 Å². The van der Waals surface area contributed by atoms with Crippen LogP contribution in [-0.4, -0.2) is 32.3 Å². The van der Waals surface area contributed by atoms with Gasteiger partial charge in [0.1, 0.15) is 5.03 Å². The summed E-state index contributed by atoms with van der Waals surface area (Å²) >= 11 is 5.03. The van der Waals surface area contributed by atoms with Crippen molar-refractivity contribution in [1.29, 1.82) is 0 Å². The maximum absolute atomic E-state index is 11.9. The third-order valence-electron chi connectivity index (χ3n) is 3.07. The minimum absolute atomic E-state index is 0.0269. The van der Waals surface area contributed by atoms with Crippen LogP contribution in [0.3, 0.4) is 0 Å². The Balaban J connectivity index is 2.35. The van der Waals surface area contributed by atoms with Gasteiger partial charge < -0.3 is 5.32 Å². The lowest BCUT2D eigenvalue weighted by atomic mass is 10.1. The minimum Gasteiger partial charge on any atom is -0.353 e. The summed E-state index contributed by atoms with van der Waals surface area (Å²) < 4.78 is 2.71. The molecule has 0 radical (unpaired) electrons. The summed E-state index contributed by atoms with van der Waals surface area (Å²) in [7, 11) is 0. The van der Waals surface area contributed by atoms with Crippen LogP contribution in [0.25, 0.3) is 5.65 Å². The van der Waals surface area contributed by atoms with Crippen LogP contribution in [0.5, 0.6) is 0 Å². The SMILES string of the molecule is Cc1nn2c(SCC(=O)NC(C)C)cc(C(C)C)nc2c1Br. The summed E-state index contributed by atoms with van der Waals surface area (Å²) in [6, 6.07) is 2.17. The lowest BCUT2D eigenvalue weighted by molar-refractivity contribution is -0.119. The molecule has 7 heteroatoms. The van der Waals surface area contributed by atoms with Gasteiger partial charge in [0, 0.05) is 11.7 Å². The monoisotopic (exact) mass is 384 g/mol. The van der Waals surface area contributed by atoms with Crippen molar-refractivity contribution < 1.29 is 4.79 Å². The van der Waals surface area contributed by atoms with Crippen LogP contribution in [0.15, 0.2) is 15.6 Å². The highest BCUT2D eigenvalue weighted by atomic mass is 79.9. The van der Waals surface area contributed by atoms with E-state index in [2.05, 4.69) is 45.2 Å². The fraction of sp³-hybridized carbons (Fsp3) is 0.533. The van der Waals surface area contributed by atoms with E-state index in [9.17, 15) is 4.79 Å². The van der Waals surface area contributed by atoms with Crippen LogP contribution < -0.4 is 5.32 Å². The first-order chi connectivity index (χ1) is 10.3. The van der Waals surface area contributed by atoms with Crippen LogP contribution in [0.2, 0.25) is 0 Å². The van der Waals surface area contributed by atoms with Crippen LogP contribution in [0, 0.1) is 6.92 Å². The Bertz CT molecular complexity index is 696. The summed E-state index contributed by atoms with van der Waals surface area (Å²) in [4.78, 5) is 16.5. The van der Waals surface area contributed by atoms with Gasteiger partial charge in [-0.1, -0.05) is 25.6 Å². The Kier molecular flexibility index (Phi) is 5.50. The summed E-state index contributed by atoms with van der Waals surface area (Å²) in [5.74, 6) is 0.709. The largest absolute Gasteiger partial charge is 0.353 e. The van der Waals surface area contributed by atoms with Gasteiger partial charge in [0.25, 0.3) is 0 Å². The number of rotatable bonds is 5. The second-order valence-electron chi connectivity index (χ2n) is 5.82. The summed E-state index contributed by atoms with van der Waals surface area (Å²) in [5, 5.41) is 8.34. The maximum Gasteiger partial charge on any atom is 0.230 e. The molecule has 2 heterocycles. The molecule has 2 aromatic rings. The third-order valence-corrected chi connectivity index (χ3v) is 4.99. The van der Waals surface area contributed by atoms with Crippen LogP contribution >= 0.6 is 27.7 Å². The highest BCUT2D eigenvalue weighted by Gasteiger charge is 2.16. The van der Waals surface area contributed by atoms with Crippen molar-refractivity contribution in [3.05, 3.63) is 21.9 Å². The van der Waals surface area contributed by atoms with Crippen LogP contribution in [0.1, 0.15) is 45.0 Å². The van der Waals surface area contributed by atoms with Crippen LogP contribution in [0.4, 0.5) is 0 Å². The number of hydrogen-bond donors (Lipinski definition) is 1. The van der Waals surface area contributed by atoms with Crippen molar-refractivity contribution in [1.82, 2.24) is 19.9 Å². The Morgan fingerprint density at radius 1 is 1.41 bits per heavy atom. The maximum atomic E-state index is 11.9. The molecule has 0 aliphatic carbocycles. The van der Waals surface area contributed by atoms with E-state index >= 15 is 0 Å². The van der Waals surface area contributed by atoms with Gasteiger partial charge in [-0.3, -0.25) is 4.79 Å². The first-order valence-corrected chi connectivity index (χ1v) is 9.05. The first-order valence-electron chi connectivity index (χ1n) is 7.27. The molecule has 1 N–H and O–H groups in total. The lowest BCUT2D eigenvalue weighted by Gasteiger charge is -2.11. The van der Waals surface area contributed by atoms with Crippen molar-refractivity contribution in [3.8, 4) is 0 Å². The number of fused-ring (bicyclic) bond motifs is 1. The zero-order chi connectivity index (χ0) is 16.4. The molecule has 0 atom stereocenters. The van der Waals surface area contributed by atoms with Gasteiger partial charge in [0.15, 0.2) is 5.65 Å². The number of halogens is 1. The van der Waals surface area contributed by atoms with Gasteiger partial charge in [-0.15, -0.1) is 0 Å². The van der Waals surface area contributed by atoms with E-state index in [1.165, 1.54) is 11.8 Å². The predicted octanol–water partition coefficient (Wildman–Crippen LogP) is 3.54. The molecule has 2 rings (SSSR count). The number of aromatic nitrogens is 3. The summed E-state index contributed by atoms with van der Waals surface area (Å²) in [5.41, 5.74) is 2.69. The molecule has 0 bridgehead atoms. The van der Waals surface area contributed by atoms with E-state index in [-0.39, 0.29) is 11.9 Å². The van der Waals surface area contributed by atoms with E-state index in [4.69, 9.17) is 0 Å². The molecule has 0 saturated carbocycles. The molecule has 0 saturated heterocycles. The molecule has 2 aromatic heterocycles. The topological polar surface area (TPSA) is 59.3 Å². The molecule has 0 spiro atoms. The molecule has 22 heavy (non-hydrogen) atoms. The number of amides is 1. The van der Waals surface area contributed by atoms with Crippen molar-refractivity contribution in [3.63, 3.8) is 0 Å². The minimum atomic E-state index is 0.0269. The Labute approximate surface area is 143 Å². The third kappa shape index (κ3) is 3.81. The van der Waals surface area contributed by atoms with E-state index in [0.29, 0.717) is 11.7 Å². The van der Waals surface area contributed by atoms with Gasteiger partial charge >= 0.3 is 0 Å². The predicted molar refractivity (Wildman–Crippen MR) is 93.5 cm³/mol. The molecular weight excluding hydrogens is 364 g/mol. The fourth-order valence-corrected chi connectivity index (χ4v) is 3.14. The lowest BCUT2D eigenvalue weighted by Crippen LogP contribution is -2.31. The quantitative estimate of drug-likeness (QED) is 0.632. The van der Waals surface area contributed by atoms with Crippen molar-refractivity contribution in [2.24, 2.45) is 0 Å². The molecule has 5 nitrogen and oxygen atoms in total. The van der Waals surface area contributed by atoms with Crippen molar-refractivity contribution >= 4 is 39.2 Å². The number of carbonyl (C=O) groups excluding carboxylic acids is 1. The standard InChI is InChI=1S/C15H21BrN4OS/c1-8(2)11-6-13(22-7-12(21)17-9(3)4)20-15(18-11)14(16)10(5)19-20/h6,8-9H,7H2,1-5H3,(H,17,21). The van der Waals surface area contributed by atoms with Crippen molar-refractivity contribution in [2.45, 2.75) is 51.6 Å². The zero-order valence-electron chi connectivity index (χ0n) is 13.5. The van der Waals surface area contributed by atoms with E-state index in [1.807, 2.05) is 26.8 Å². The molecule has 0 aliphatic rings. The number of thioether (sulfide) groups is 1. The number of nitrogens with one attached hydrogen (secondary N) is 1. The summed E-state index contributed by atoms with van der Waals surface area (Å²) in [6.07, 6.45) is 0. The Morgan fingerprint density at radius 2 is 2.09 bits per heavy atom. The Morgan fingerprint density at radius 3 is 2.68 bits per heavy atom. The fourth-order valence-electron chi connectivity index (χ4n) is 1.99. The number of nitrogens with zero attached hydrogens (tertiary/aromatic N) is 3. The van der Waals surface area contributed by atoms with E-state index in [0.717, 1.165) is 26.5 Å². The summed E-state index contributed by atoms with van der Waals surface area (Å²) in [6.45, 7) is 10.1. The zero-order valence-corrected chi connectivity index (χ0v) is 15.9. The number of hydrogen-bond acceptors (Lipinski definition) is 4. The molecular formula is C15H21BrN4OS.